The molecule has 0 bridgehead atoms. The maximum atomic E-state index is 4.19. The Bertz CT molecular complexity index is 283. The second-order valence-corrected chi connectivity index (χ2v) is 3.83. The van der Waals surface area contributed by atoms with Crippen LogP contribution in [0.25, 0.3) is 0 Å². The summed E-state index contributed by atoms with van der Waals surface area (Å²) in [6.45, 7) is 4.39. The van der Waals surface area contributed by atoms with Crippen LogP contribution < -0.4 is 5.32 Å². The number of tetrazole rings is 1. The molecule has 0 aliphatic carbocycles. The van der Waals surface area contributed by atoms with Gasteiger partial charge in [-0.3, -0.25) is 0 Å². The number of aryl methyl sites for hydroxylation is 1. The molecule has 2 rings (SSSR count). The molecule has 0 spiro atoms. The predicted molar refractivity (Wildman–Crippen MR) is 48.1 cm³/mol. The van der Waals surface area contributed by atoms with Crippen LogP contribution in [0, 0.1) is 5.41 Å². The van der Waals surface area contributed by atoms with E-state index in [9.17, 15) is 0 Å². The molecule has 1 fully saturated rings. The van der Waals surface area contributed by atoms with Gasteiger partial charge in [0, 0.05) is 24.9 Å². The normalized spacial score (nSPS) is 19.8. The third kappa shape index (κ3) is 1.56. The first kappa shape index (κ1) is 8.62. The molecule has 0 unspecified atom stereocenters. The maximum Gasteiger partial charge on any atom is 0.175 e. The fourth-order valence-corrected chi connectivity index (χ4v) is 1.71. The van der Waals surface area contributed by atoms with Gasteiger partial charge >= 0.3 is 0 Å². The average Bonchev–Trinajstić information content (AvgIpc) is 2.44. The molecule has 1 saturated heterocycles. The van der Waals surface area contributed by atoms with Crippen molar-refractivity contribution in [2.75, 3.05) is 13.1 Å². The van der Waals surface area contributed by atoms with Gasteiger partial charge in [0.05, 0.1) is 7.05 Å². The highest BCUT2D eigenvalue weighted by Gasteiger charge is 2.36. The first-order valence-electron chi connectivity index (χ1n) is 4.68. The third-order valence-corrected chi connectivity index (χ3v) is 2.83. The highest BCUT2D eigenvalue weighted by atomic mass is 15.6. The monoisotopic (exact) mass is 181 g/mol. The summed E-state index contributed by atoms with van der Waals surface area (Å²) in [5, 5.41) is 15.3. The summed E-state index contributed by atoms with van der Waals surface area (Å²) in [6, 6.07) is 0. The molecule has 72 valence electrons. The summed E-state index contributed by atoms with van der Waals surface area (Å²) >= 11 is 0. The van der Waals surface area contributed by atoms with Gasteiger partial charge in [-0.15, -0.1) is 10.2 Å². The van der Waals surface area contributed by atoms with Gasteiger partial charge in [0.25, 0.3) is 0 Å². The van der Waals surface area contributed by atoms with E-state index in [0.29, 0.717) is 5.41 Å². The van der Waals surface area contributed by atoms with Crippen molar-refractivity contribution in [1.82, 2.24) is 25.5 Å². The van der Waals surface area contributed by atoms with E-state index < -0.39 is 0 Å². The SMILES string of the molecule is CCC1(Cc2nnn(C)n2)CNC1. The topological polar surface area (TPSA) is 55.6 Å². The van der Waals surface area contributed by atoms with Crippen LogP contribution in [0.2, 0.25) is 0 Å². The Morgan fingerprint density at radius 2 is 2.31 bits per heavy atom. The first-order chi connectivity index (χ1) is 6.24. The average molecular weight is 181 g/mol. The Labute approximate surface area is 77.5 Å². The van der Waals surface area contributed by atoms with E-state index in [0.717, 1.165) is 25.3 Å². The van der Waals surface area contributed by atoms with Crippen LogP contribution in [0.1, 0.15) is 19.2 Å². The van der Waals surface area contributed by atoms with E-state index in [1.54, 1.807) is 7.05 Å². The molecule has 1 N–H and O–H groups in total. The van der Waals surface area contributed by atoms with E-state index >= 15 is 0 Å². The quantitative estimate of drug-likeness (QED) is 0.698. The van der Waals surface area contributed by atoms with E-state index in [2.05, 4.69) is 27.7 Å². The van der Waals surface area contributed by atoms with Gasteiger partial charge in [0.1, 0.15) is 0 Å². The molecule has 0 atom stereocenters. The van der Waals surface area contributed by atoms with Crippen LogP contribution in [0.15, 0.2) is 0 Å². The van der Waals surface area contributed by atoms with E-state index in [-0.39, 0.29) is 0 Å². The minimum Gasteiger partial charge on any atom is -0.316 e. The zero-order chi connectivity index (χ0) is 9.31. The highest BCUT2D eigenvalue weighted by molar-refractivity contribution is 4.98. The Balaban J connectivity index is 2.04. The lowest BCUT2D eigenvalue weighted by molar-refractivity contribution is 0.156. The maximum absolute atomic E-state index is 4.19. The molecule has 5 heteroatoms. The van der Waals surface area contributed by atoms with Crippen molar-refractivity contribution in [2.45, 2.75) is 19.8 Å². The Hall–Kier alpha value is -0.970. The van der Waals surface area contributed by atoms with Gasteiger partial charge in [0.2, 0.25) is 0 Å². The van der Waals surface area contributed by atoms with Crippen LogP contribution in [0.4, 0.5) is 0 Å². The summed E-state index contributed by atoms with van der Waals surface area (Å²) in [4.78, 5) is 1.52. The Morgan fingerprint density at radius 3 is 2.69 bits per heavy atom. The first-order valence-corrected chi connectivity index (χ1v) is 4.68. The highest BCUT2D eigenvalue weighted by Crippen LogP contribution is 2.29. The lowest BCUT2D eigenvalue weighted by atomic mass is 9.76. The molecule has 13 heavy (non-hydrogen) atoms. The number of rotatable bonds is 3. The van der Waals surface area contributed by atoms with E-state index in [4.69, 9.17) is 0 Å². The Morgan fingerprint density at radius 1 is 1.54 bits per heavy atom. The smallest absolute Gasteiger partial charge is 0.175 e. The summed E-state index contributed by atoms with van der Waals surface area (Å²) in [5.41, 5.74) is 0.392. The molecule has 0 aromatic carbocycles. The van der Waals surface area contributed by atoms with Crippen LogP contribution in [-0.2, 0) is 13.5 Å². The van der Waals surface area contributed by atoms with Crippen molar-refractivity contribution in [1.29, 1.82) is 0 Å². The molecule has 0 radical (unpaired) electrons. The lowest BCUT2D eigenvalue weighted by Crippen LogP contribution is -2.54. The van der Waals surface area contributed by atoms with E-state index in [1.165, 1.54) is 11.2 Å². The summed E-state index contributed by atoms with van der Waals surface area (Å²) in [6.07, 6.45) is 2.13. The number of nitrogens with one attached hydrogen (secondary N) is 1. The van der Waals surface area contributed by atoms with Gasteiger partial charge in [-0.25, -0.2) is 0 Å². The fraction of sp³-hybridized carbons (Fsp3) is 0.875. The van der Waals surface area contributed by atoms with Gasteiger partial charge in [-0.05, 0) is 11.6 Å². The Kier molecular flexibility index (Phi) is 2.03. The number of hydrogen-bond donors (Lipinski definition) is 1. The van der Waals surface area contributed by atoms with Crippen molar-refractivity contribution in [3.63, 3.8) is 0 Å². The van der Waals surface area contributed by atoms with Crippen LogP contribution >= 0.6 is 0 Å². The fourth-order valence-electron chi connectivity index (χ4n) is 1.71. The zero-order valence-corrected chi connectivity index (χ0v) is 8.12. The molecule has 1 aliphatic heterocycles. The standard InChI is InChI=1S/C8H15N5/c1-3-8(5-9-6-8)4-7-10-12-13(2)11-7/h9H,3-6H2,1-2H3. The number of hydrogen-bond acceptors (Lipinski definition) is 4. The summed E-state index contributed by atoms with van der Waals surface area (Å²) in [7, 11) is 1.80. The van der Waals surface area contributed by atoms with Crippen LogP contribution in [-0.4, -0.2) is 33.3 Å². The van der Waals surface area contributed by atoms with Gasteiger partial charge in [-0.1, -0.05) is 6.92 Å². The molecular formula is C8H15N5. The van der Waals surface area contributed by atoms with Gasteiger partial charge in [0.15, 0.2) is 5.82 Å². The molecule has 1 aromatic heterocycles. The largest absolute Gasteiger partial charge is 0.316 e. The molecule has 1 aromatic rings. The van der Waals surface area contributed by atoms with Crippen molar-refractivity contribution in [2.24, 2.45) is 12.5 Å². The zero-order valence-electron chi connectivity index (χ0n) is 8.12. The van der Waals surface area contributed by atoms with Crippen molar-refractivity contribution in [3.05, 3.63) is 5.82 Å². The third-order valence-electron chi connectivity index (χ3n) is 2.83. The summed E-state index contributed by atoms with van der Waals surface area (Å²) in [5.74, 6) is 0.867. The number of nitrogens with zero attached hydrogens (tertiary/aromatic N) is 4. The van der Waals surface area contributed by atoms with Crippen molar-refractivity contribution >= 4 is 0 Å². The second kappa shape index (κ2) is 3.06. The lowest BCUT2D eigenvalue weighted by Gasteiger charge is -2.41. The predicted octanol–water partition coefficient (Wildman–Crippen LogP) is -0.248. The molecule has 2 heterocycles. The van der Waals surface area contributed by atoms with Crippen LogP contribution in [0.3, 0.4) is 0 Å². The second-order valence-electron chi connectivity index (χ2n) is 3.83. The molecule has 5 nitrogen and oxygen atoms in total. The van der Waals surface area contributed by atoms with Crippen molar-refractivity contribution in [3.8, 4) is 0 Å². The molecule has 0 amide bonds. The minimum absolute atomic E-state index is 0.392. The van der Waals surface area contributed by atoms with Gasteiger partial charge in [-0.2, -0.15) is 4.80 Å². The molecular weight excluding hydrogens is 166 g/mol. The molecule has 1 aliphatic rings. The summed E-state index contributed by atoms with van der Waals surface area (Å²) < 4.78 is 0. The van der Waals surface area contributed by atoms with E-state index in [1.807, 2.05) is 0 Å². The van der Waals surface area contributed by atoms with Gasteiger partial charge < -0.3 is 5.32 Å². The molecule has 0 saturated carbocycles. The minimum atomic E-state index is 0.392. The number of aromatic nitrogens is 4. The van der Waals surface area contributed by atoms with Crippen molar-refractivity contribution < 1.29 is 0 Å². The van der Waals surface area contributed by atoms with Crippen LogP contribution in [0.5, 0.6) is 0 Å².